The van der Waals surface area contributed by atoms with Gasteiger partial charge in [-0.3, -0.25) is 9.59 Å². The van der Waals surface area contributed by atoms with Crippen LogP contribution in [0.1, 0.15) is 51.2 Å². The van der Waals surface area contributed by atoms with Crippen LogP contribution in [-0.4, -0.2) is 18.4 Å². The third-order valence-corrected chi connectivity index (χ3v) is 5.19. The lowest BCUT2D eigenvalue weighted by atomic mass is 9.87. The van der Waals surface area contributed by atoms with Crippen molar-refractivity contribution >= 4 is 33.4 Å². The van der Waals surface area contributed by atoms with Gasteiger partial charge in [-0.25, -0.2) is 0 Å². The van der Waals surface area contributed by atoms with Crippen molar-refractivity contribution in [1.29, 1.82) is 5.26 Å². The van der Waals surface area contributed by atoms with E-state index < -0.39 is 0 Å². The SMILES string of the molecule is CC(C)(C)c1ccc(OCCCC(=O)Nc2ccc(CNC(=O)CC#N)cc2)c(Br)c1. The predicted molar refractivity (Wildman–Crippen MR) is 125 cm³/mol. The Kier molecular flexibility index (Phi) is 9.07. The maximum Gasteiger partial charge on any atom is 0.234 e. The summed E-state index contributed by atoms with van der Waals surface area (Å²) in [4.78, 5) is 23.5. The second kappa shape index (κ2) is 11.5. The summed E-state index contributed by atoms with van der Waals surface area (Å²) in [5.41, 5.74) is 2.88. The van der Waals surface area contributed by atoms with Gasteiger partial charge in [0.2, 0.25) is 11.8 Å². The molecule has 0 fully saturated rings. The molecule has 2 rings (SSSR count). The van der Waals surface area contributed by atoms with Crippen LogP contribution in [0.5, 0.6) is 5.75 Å². The fraction of sp³-hybridized carbons (Fsp3) is 0.375. The Labute approximate surface area is 192 Å². The number of anilines is 1. The first-order valence-corrected chi connectivity index (χ1v) is 10.9. The summed E-state index contributed by atoms with van der Waals surface area (Å²) in [6, 6.07) is 15.1. The van der Waals surface area contributed by atoms with Gasteiger partial charge in [0.25, 0.3) is 0 Å². The molecule has 0 bridgehead atoms. The van der Waals surface area contributed by atoms with Gasteiger partial charge in [-0.2, -0.15) is 5.26 Å². The summed E-state index contributed by atoms with van der Waals surface area (Å²) < 4.78 is 6.71. The molecule has 0 radical (unpaired) electrons. The molecule has 0 heterocycles. The average molecular weight is 486 g/mol. The van der Waals surface area contributed by atoms with Gasteiger partial charge in [0, 0.05) is 18.7 Å². The summed E-state index contributed by atoms with van der Waals surface area (Å²) in [6.45, 7) is 7.28. The van der Waals surface area contributed by atoms with Crippen LogP contribution in [0.3, 0.4) is 0 Å². The molecule has 164 valence electrons. The first kappa shape index (κ1) is 24.4. The van der Waals surface area contributed by atoms with Gasteiger partial charge in [0.15, 0.2) is 0 Å². The van der Waals surface area contributed by atoms with E-state index in [4.69, 9.17) is 10.00 Å². The summed E-state index contributed by atoms with van der Waals surface area (Å²) in [6.07, 6.45) is 0.795. The van der Waals surface area contributed by atoms with Crippen LogP contribution < -0.4 is 15.4 Å². The van der Waals surface area contributed by atoms with Crippen LogP contribution in [0.25, 0.3) is 0 Å². The number of benzene rings is 2. The van der Waals surface area contributed by atoms with Crippen molar-refractivity contribution in [3.8, 4) is 11.8 Å². The fourth-order valence-corrected chi connectivity index (χ4v) is 3.26. The zero-order valence-corrected chi connectivity index (χ0v) is 19.7. The monoisotopic (exact) mass is 485 g/mol. The molecule has 0 aliphatic heterocycles. The number of nitriles is 1. The topological polar surface area (TPSA) is 91.2 Å². The molecule has 0 saturated carbocycles. The molecule has 7 heteroatoms. The molecule has 0 spiro atoms. The lowest BCUT2D eigenvalue weighted by Gasteiger charge is -2.20. The van der Waals surface area contributed by atoms with Crippen LogP contribution in [0.15, 0.2) is 46.9 Å². The first-order chi connectivity index (χ1) is 14.7. The van der Waals surface area contributed by atoms with Gasteiger partial charge in [-0.15, -0.1) is 0 Å². The molecule has 0 aliphatic carbocycles. The summed E-state index contributed by atoms with van der Waals surface area (Å²) in [5.74, 6) is 0.381. The average Bonchev–Trinajstić information content (AvgIpc) is 2.71. The molecule has 2 aromatic carbocycles. The second-order valence-electron chi connectivity index (χ2n) is 8.20. The number of nitrogens with zero attached hydrogens (tertiary/aromatic N) is 1. The molecule has 6 nitrogen and oxygen atoms in total. The highest BCUT2D eigenvalue weighted by molar-refractivity contribution is 9.10. The number of rotatable bonds is 9. The van der Waals surface area contributed by atoms with Gasteiger partial charge in [-0.05, 0) is 63.2 Å². The van der Waals surface area contributed by atoms with Crippen molar-refractivity contribution in [3.05, 3.63) is 58.1 Å². The van der Waals surface area contributed by atoms with Crippen LogP contribution in [-0.2, 0) is 21.5 Å². The van der Waals surface area contributed by atoms with Crippen molar-refractivity contribution in [2.45, 2.75) is 52.0 Å². The summed E-state index contributed by atoms with van der Waals surface area (Å²) in [7, 11) is 0. The molecule has 2 N–H and O–H groups in total. The molecule has 2 aromatic rings. The van der Waals surface area contributed by atoms with Crippen LogP contribution in [0.4, 0.5) is 5.69 Å². The quantitative estimate of drug-likeness (QED) is 0.484. The van der Waals surface area contributed by atoms with Crippen molar-refractivity contribution in [2.24, 2.45) is 0 Å². The lowest BCUT2D eigenvalue weighted by molar-refractivity contribution is -0.120. The third-order valence-electron chi connectivity index (χ3n) is 4.57. The van der Waals surface area contributed by atoms with E-state index in [2.05, 4.69) is 59.5 Å². The molecule has 0 atom stereocenters. The van der Waals surface area contributed by atoms with E-state index >= 15 is 0 Å². The number of halogens is 1. The Balaban J connectivity index is 1.72. The summed E-state index contributed by atoms with van der Waals surface area (Å²) in [5, 5.41) is 14.0. The molecular formula is C24H28BrN3O3. The first-order valence-electron chi connectivity index (χ1n) is 10.1. The Morgan fingerprint density at radius 1 is 1.10 bits per heavy atom. The third kappa shape index (κ3) is 8.42. The zero-order chi connectivity index (χ0) is 22.9. The Morgan fingerprint density at radius 3 is 2.42 bits per heavy atom. The minimum absolute atomic E-state index is 0.0721. The highest BCUT2D eigenvalue weighted by Gasteiger charge is 2.15. The smallest absolute Gasteiger partial charge is 0.234 e. The Morgan fingerprint density at radius 2 is 1.81 bits per heavy atom. The number of hydrogen-bond acceptors (Lipinski definition) is 4. The van der Waals surface area contributed by atoms with Gasteiger partial charge >= 0.3 is 0 Å². The van der Waals surface area contributed by atoms with E-state index in [1.807, 2.05) is 18.2 Å². The number of ether oxygens (including phenoxy) is 1. The standard InChI is InChI=1S/C24H28BrN3O3/c1-24(2,3)18-8-11-21(20(25)15-18)31-14-4-5-23(30)28-19-9-6-17(7-10-19)16-27-22(29)12-13-26/h6-11,15H,4-5,12,14,16H2,1-3H3,(H,27,29)(H,28,30). The molecule has 0 unspecified atom stereocenters. The lowest BCUT2D eigenvalue weighted by Crippen LogP contribution is -2.21. The fourth-order valence-electron chi connectivity index (χ4n) is 2.76. The maximum absolute atomic E-state index is 12.2. The molecule has 0 aromatic heterocycles. The molecule has 2 amide bonds. The van der Waals surface area contributed by atoms with E-state index in [1.165, 1.54) is 5.56 Å². The highest BCUT2D eigenvalue weighted by atomic mass is 79.9. The van der Waals surface area contributed by atoms with Crippen LogP contribution >= 0.6 is 15.9 Å². The number of carbonyl (C=O) groups is 2. The van der Waals surface area contributed by atoms with E-state index in [0.29, 0.717) is 31.7 Å². The molecule has 31 heavy (non-hydrogen) atoms. The predicted octanol–water partition coefficient (Wildman–Crippen LogP) is 5.07. The second-order valence-corrected chi connectivity index (χ2v) is 9.06. The summed E-state index contributed by atoms with van der Waals surface area (Å²) >= 11 is 3.56. The van der Waals surface area contributed by atoms with Gasteiger partial charge in [0.1, 0.15) is 12.2 Å². The Bertz CT molecular complexity index is 944. The highest BCUT2D eigenvalue weighted by Crippen LogP contribution is 2.31. The van der Waals surface area contributed by atoms with E-state index in [0.717, 1.165) is 15.8 Å². The largest absolute Gasteiger partial charge is 0.492 e. The number of carbonyl (C=O) groups excluding carboxylic acids is 2. The molecule has 0 aliphatic rings. The number of amides is 2. The van der Waals surface area contributed by atoms with E-state index in [9.17, 15) is 9.59 Å². The van der Waals surface area contributed by atoms with Crippen LogP contribution in [0, 0.1) is 11.3 Å². The van der Waals surface area contributed by atoms with Gasteiger partial charge in [-0.1, -0.05) is 39.0 Å². The van der Waals surface area contributed by atoms with E-state index in [1.54, 1.807) is 18.2 Å². The van der Waals surface area contributed by atoms with Gasteiger partial charge < -0.3 is 15.4 Å². The van der Waals surface area contributed by atoms with Crippen molar-refractivity contribution in [2.75, 3.05) is 11.9 Å². The van der Waals surface area contributed by atoms with Crippen molar-refractivity contribution in [3.63, 3.8) is 0 Å². The van der Waals surface area contributed by atoms with Crippen LogP contribution in [0.2, 0.25) is 0 Å². The minimum Gasteiger partial charge on any atom is -0.492 e. The van der Waals surface area contributed by atoms with Crippen molar-refractivity contribution in [1.82, 2.24) is 5.32 Å². The van der Waals surface area contributed by atoms with Gasteiger partial charge in [0.05, 0.1) is 17.1 Å². The number of nitrogens with one attached hydrogen (secondary N) is 2. The molecular weight excluding hydrogens is 458 g/mol. The number of hydrogen-bond donors (Lipinski definition) is 2. The molecule has 0 saturated heterocycles. The van der Waals surface area contributed by atoms with E-state index in [-0.39, 0.29) is 23.7 Å². The Hall–Kier alpha value is -2.85. The normalized spacial score (nSPS) is 10.8. The zero-order valence-electron chi connectivity index (χ0n) is 18.1. The van der Waals surface area contributed by atoms with Crippen molar-refractivity contribution < 1.29 is 14.3 Å². The maximum atomic E-state index is 12.2. The minimum atomic E-state index is -0.306.